The van der Waals surface area contributed by atoms with Crippen molar-refractivity contribution in [2.75, 3.05) is 26.7 Å². The van der Waals surface area contributed by atoms with Crippen LogP contribution in [0.25, 0.3) is 0 Å². The number of hydrogen-bond donors (Lipinski definition) is 1. The van der Waals surface area contributed by atoms with Crippen molar-refractivity contribution in [1.29, 1.82) is 0 Å². The summed E-state index contributed by atoms with van der Waals surface area (Å²) in [6.45, 7) is 4.45. The quantitative estimate of drug-likeness (QED) is 0.839. The molecule has 0 spiro atoms. The summed E-state index contributed by atoms with van der Waals surface area (Å²) in [5.74, 6) is 0.776. The molecule has 0 saturated carbocycles. The maximum atomic E-state index is 12.4. The summed E-state index contributed by atoms with van der Waals surface area (Å²) in [6.07, 6.45) is 7.89. The minimum absolute atomic E-state index is 0.220. The minimum Gasteiger partial charge on any atom is -0.330 e. The Morgan fingerprint density at radius 1 is 1.53 bits per heavy atom. The molecule has 1 fully saturated rings. The van der Waals surface area contributed by atoms with Crippen LogP contribution >= 0.6 is 0 Å². The molecule has 0 aromatic rings. The van der Waals surface area contributed by atoms with Crippen molar-refractivity contribution < 1.29 is 4.79 Å². The fourth-order valence-corrected chi connectivity index (χ4v) is 3.07. The maximum Gasteiger partial charge on any atom is 0.240 e. The lowest BCUT2D eigenvalue weighted by molar-refractivity contribution is -0.130. The summed E-state index contributed by atoms with van der Waals surface area (Å²) < 4.78 is 0. The molecule has 4 nitrogen and oxygen atoms in total. The van der Waals surface area contributed by atoms with E-state index in [-0.39, 0.29) is 5.91 Å². The number of nitrogens with zero attached hydrogens (tertiary/aromatic N) is 2. The predicted octanol–water partition coefficient (Wildman–Crippen LogP) is 1.57. The summed E-state index contributed by atoms with van der Waals surface area (Å²) in [5, 5.41) is 0. The first-order valence-corrected chi connectivity index (χ1v) is 7.51. The van der Waals surface area contributed by atoms with Crippen LogP contribution in [0.2, 0.25) is 0 Å². The molecule has 0 radical (unpaired) electrons. The van der Waals surface area contributed by atoms with Gasteiger partial charge in [-0.25, -0.2) is 0 Å². The smallest absolute Gasteiger partial charge is 0.240 e. The number of amides is 1. The van der Waals surface area contributed by atoms with Crippen LogP contribution in [0.15, 0.2) is 11.8 Å². The van der Waals surface area contributed by atoms with Crippen LogP contribution in [0.5, 0.6) is 0 Å². The molecule has 2 unspecified atom stereocenters. The molecule has 1 heterocycles. The molecule has 2 N–H and O–H groups in total. The van der Waals surface area contributed by atoms with Gasteiger partial charge in [0.25, 0.3) is 0 Å². The van der Waals surface area contributed by atoms with Crippen molar-refractivity contribution in [2.45, 2.75) is 45.1 Å². The number of allylic oxidation sites excluding steroid dienone is 2. The monoisotopic (exact) mass is 265 g/mol. The number of piperidine rings is 1. The van der Waals surface area contributed by atoms with Crippen molar-refractivity contribution >= 4 is 5.91 Å². The van der Waals surface area contributed by atoms with Gasteiger partial charge in [-0.15, -0.1) is 0 Å². The first-order chi connectivity index (χ1) is 9.11. The Labute approximate surface area is 116 Å². The van der Waals surface area contributed by atoms with Gasteiger partial charge in [-0.2, -0.15) is 0 Å². The lowest BCUT2D eigenvalue weighted by Crippen LogP contribution is -2.48. The van der Waals surface area contributed by atoms with Crippen LogP contribution in [-0.4, -0.2) is 48.4 Å². The Morgan fingerprint density at radius 2 is 2.32 bits per heavy atom. The molecule has 1 saturated heterocycles. The topological polar surface area (TPSA) is 49.6 Å². The predicted molar refractivity (Wildman–Crippen MR) is 77.5 cm³/mol. The van der Waals surface area contributed by atoms with E-state index in [9.17, 15) is 4.79 Å². The zero-order valence-corrected chi connectivity index (χ0v) is 12.3. The Hall–Kier alpha value is -0.870. The molecule has 0 aromatic carbocycles. The molecule has 2 rings (SSSR count). The fraction of sp³-hybridized carbons (Fsp3) is 0.800. The van der Waals surface area contributed by atoms with Gasteiger partial charge in [0, 0.05) is 25.3 Å². The number of hydrogen-bond acceptors (Lipinski definition) is 3. The lowest BCUT2D eigenvalue weighted by Gasteiger charge is -2.38. The lowest BCUT2D eigenvalue weighted by atomic mass is 9.93. The maximum absolute atomic E-state index is 12.4. The highest BCUT2D eigenvalue weighted by Gasteiger charge is 2.27. The summed E-state index contributed by atoms with van der Waals surface area (Å²) in [4.78, 5) is 16.5. The number of nitrogens with two attached hydrogens (primary N) is 1. The van der Waals surface area contributed by atoms with E-state index in [4.69, 9.17) is 5.73 Å². The van der Waals surface area contributed by atoms with Gasteiger partial charge in [0.15, 0.2) is 0 Å². The number of rotatable bonds is 4. The summed E-state index contributed by atoms with van der Waals surface area (Å²) in [7, 11) is 1.91. The third-order valence-corrected chi connectivity index (χ3v) is 4.60. The second-order valence-corrected chi connectivity index (χ2v) is 6.00. The van der Waals surface area contributed by atoms with Crippen molar-refractivity contribution in [3.05, 3.63) is 11.8 Å². The van der Waals surface area contributed by atoms with E-state index in [1.54, 1.807) is 0 Å². The van der Waals surface area contributed by atoms with E-state index < -0.39 is 0 Å². The van der Waals surface area contributed by atoms with Gasteiger partial charge in [-0.05, 0) is 51.5 Å². The highest BCUT2D eigenvalue weighted by atomic mass is 16.2. The molecule has 108 valence electrons. The molecular formula is C15H27N3O. The number of likely N-dealkylation sites (N-methyl/N-ethyl adjacent to an activating group) is 1. The standard InChI is InChI=1S/C15H27N3O/c1-12-7-8-13(9-16)10-18(12)11-15(19)17(2)14-5-3-4-6-14/h5,12-13H,3-4,6-11,16H2,1-2H3. The number of likely N-dealkylation sites (tertiary alicyclic amines) is 1. The van der Waals surface area contributed by atoms with E-state index in [0.29, 0.717) is 18.5 Å². The molecule has 2 aliphatic rings. The van der Waals surface area contributed by atoms with Gasteiger partial charge >= 0.3 is 0 Å². The molecule has 4 heteroatoms. The van der Waals surface area contributed by atoms with Crippen molar-refractivity contribution in [3.63, 3.8) is 0 Å². The normalized spacial score (nSPS) is 28.3. The molecule has 1 amide bonds. The SMILES string of the molecule is CC1CCC(CN)CN1CC(=O)N(C)C1=CCCC1. The molecule has 0 bridgehead atoms. The summed E-state index contributed by atoms with van der Waals surface area (Å²) in [6, 6.07) is 0.498. The van der Waals surface area contributed by atoms with E-state index in [0.717, 1.165) is 32.4 Å². The van der Waals surface area contributed by atoms with Crippen LogP contribution in [0, 0.1) is 5.92 Å². The largest absolute Gasteiger partial charge is 0.330 e. The van der Waals surface area contributed by atoms with E-state index >= 15 is 0 Å². The second kappa shape index (κ2) is 6.53. The molecule has 1 aliphatic carbocycles. The zero-order valence-electron chi connectivity index (χ0n) is 12.3. The first kappa shape index (κ1) is 14.5. The van der Waals surface area contributed by atoms with E-state index in [1.807, 2.05) is 11.9 Å². The van der Waals surface area contributed by atoms with Gasteiger partial charge in [0.1, 0.15) is 0 Å². The zero-order chi connectivity index (χ0) is 13.8. The molecule has 19 heavy (non-hydrogen) atoms. The Balaban J connectivity index is 1.89. The average Bonchev–Trinajstić information content (AvgIpc) is 2.94. The van der Waals surface area contributed by atoms with Gasteiger partial charge in [0.2, 0.25) is 5.91 Å². The molecular weight excluding hydrogens is 238 g/mol. The van der Waals surface area contributed by atoms with Crippen LogP contribution in [0.1, 0.15) is 39.0 Å². The molecule has 1 aliphatic heterocycles. The van der Waals surface area contributed by atoms with Crippen LogP contribution in [-0.2, 0) is 4.79 Å². The summed E-state index contributed by atoms with van der Waals surface area (Å²) in [5.41, 5.74) is 6.97. The number of carbonyl (C=O) groups is 1. The highest BCUT2D eigenvalue weighted by Crippen LogP contribution is 2.23. The van der Waals surface area contributed by atoms with E-state index in [1.165, 1.54) is 18.5 Å². The second-order valence-electron chi connectivity index (χ2n) is 6.00. The van der Waals surface area contributed by atoms with E-state index in [2.05, 4.69) is 17.9 Å². The minimum atomic E-state index is 0.220. The Kier molecular flexibility index (Phi) is 4.99. The summed E-state index contributed by atoms with van der Waals surface area (Å²) >= 11 is 0. The first-order valence-electron chi connectivity index (χ1n) is 7.51. The van der Waals surface area contributed by atoms with Crippen molar-refractivity contribution in [2.24, 2.45) is 11.7 Å². The van der Waals surface area contributed by atoms with Gasteiger partial charge in [-0.1, -0.05) is 6.08 Å². The van der Waals surface area contributed by atoms with Crippen LogP contribution in [0.3, 0.4) is 0 Å². The molecule has 0 aromatic heterocycles. The Morgan fingerprint density at radius 3 is 2.95 bits per heavy atom. The highest BCUT2D eigenvalue weighted by molar-refractivity contribution is 5.79. The third-order valence-electron chi connectivity index (χ3n) is 4.60. The number of carbonyl (C=O) groups excluding carboxylic acids is 1. The average molecular weight is 265 g/mol. The van der Waals surface area contributed by atoms with Crippen LogP contribution in [0.4, 0.5) is 0 Å². The third kappa shape index (κ3) is 3.57. The Bertz CT molecular complexity index is 353. The fourth-order valence-electron chi connectivity index (χ4n) is 3.07. The van der Waals surface area contributed by atoms with Crippen molar-refractivity contribution in [3.8, 4) is 0 Å². The van der Waals surface area contributed by atoms with Gasteiger partial charge < -0.3 is 10.6 Å². The van der Waals surface area contributed by atoms with Crippen LogP contribution < -0.4 is 5.73 Å². The molecule has 2 atom stereocenters. The van der Waals surface area contributed by atoms with Crippen molar-refractivity contribution in [1.82, 2.24) is 9.80 Å². The van der Waals surface area contributed by atoms with Gasteiger partial charge in [0.05, 0.1) is 6.54 Å². The van der Waals surface area contributed by atoms with Gasteiger partial charge in [-0.3, -0.25) is 9.69 Å².